The molecule has 100 valence electrons. The Morgan fingerprint density at radius 2 is 2.16 bits per heavy atom. The number of amidine groups is 1. The van der Waals surface area contributed by atoms with Crippen molar-refractivity contribution in [2.75, 3.05) is 11.5 Å². The molecule has 0 atom stereocenters. The van der Waals surface area contributed by atoms with E-state index in [0.29, 0.717) is 16.1 Å². The predicted octanol–water partition coefficient (Wildman–Crippen LogP) is 0.931. The second-order valence-electron chi connectivity index (χ2n) is 3.87. The van der Waals surface area contributed by atoms with E-state index in [1.807, 2.05) is 19.9 Å². The second kappa shape index (κ2) is 6.16. The van der Waals surface area contributed by atoms with Crippen molar-refractivity contribution in [3.63, 3.8) is 0 Å². The number of hydrogen-bond acceptors (Lipinski definition) is 6. The Kier molecular flexibility index (Phi) is 4.54. The van der Waals surface area contributed by atoms with Crippen LogP contribution in [0.5, 0.6) is 0 Å². The number of carbonyl (C=O) groups excluding carboxylic acids is 2. The van der Waals surface area contributed by atoms with Crippen molar-refractivity contribution in [1.29, 1.82) is 0 Å². The molecule has 0 unspecified atom stereocenters. The van der Waals surface area contributed by atoms with Gasteiger partial charge in [0.1, 0.15) is 0 Å². The van der Waals surface area contributed by atoms with E-state index in [9.17, 15) is 9.59 Å². The third-order valence-electron chi connectivity index (χ3n) is 2.10. The lowest BCUT2D eigenvalue weighted by Gasteiger charge is -2.01. The normalized spacial score (nSPS) is 16.7. The first kappa shape index (κ1) is 14.0. The van der Waals surface area contributed by atoms with Gasteiger partial charge in [0.15, 0.2) is 10.3 Å². The summed E-state index contributed by atoms with van der Waals surface area (Å²) in [5.74, 6) is 0.0433. The summed E-state index contributed by atoms with van der Waals surface area (Å²) in [7, 11) is 0. The zero-order chi connectivity index (χ0) is 13.8. The third-order valence-corrected chi connectivity index (χ3v) is 3.80. The van der Waals surface area contributed by atoms with Gasteiger partial charge >= 0.3 is 0 Å². The second-order valence-corrected chi connectivity index (χ2v) is 5.78. The summed E-state index contributed by atoms with van der Waals surface area (Å²) in [4.78, 5) is 34.8. The van der Waals surface area contributed by atoms with Crippen LogP contribution in [0.15, 0.2) is 16.2 Å². The summed E-state index contributed by atoms with van der Waals surface area (Å²) < 4.78 is 0. The highest BCUT2D eigenvalue weighted by Gasteiger charge is 2.17. The maximum absolute atomic E-state index is 11.6. The van der Waals surface area contributed by atoms with E-state index in [1.165, 1.54) is 23.5 Å². The maximum atomic E-state index is 11.6. The quantitative estimate of drug-likeness (QED) is 0.660. The van der Waals surface area contributed by atoms with Gasteiger partial charge in [0, 0.05) is 11.4 Å². The lowest BCUT2D eigenvalue weighted by atomic mass is 10.4. The van der Waals surface area contributed by atoms with E-state index in [2.05, 4.69) is 20.3 Å². The molecule has 0 saturated carbocycles. The van der Waals surface area contributed by atoms with Crippen molar-refractivity contribution in [2.24, 2.45) is 4.99 Å². The van der Waals surface area contributed by atoms with Crippen LogP contribution in [0.3, 0.4) is 0 Å². The van der Waals surface area contributed by atoms with Crippen molar-refractivity contribution in [1.82, 2.24) is 15.3 Å². The minimum Gasteiger partial charge on any atom is -0.304 e. The molecule has 0 aliphatic carbocycles. The van der Waals surface area contributed by atoms with Crippen molar-refractivity contribution in [2.45, 2.75) is 19.0 Å². The number of aliphatic imine (C=N–C) groups is 1. The first-order chi connectivity index (χ1) is 9.02. The predicted molar refractivity (Wildman–Crippen MR) is 75.3 cm³/mol. The molecule has 1 aliphatic rings. The molecule has 1 aromatic heterocycles. The van der Waals surface area contributed by atoms with Crippen LogP contribution in [0.1, 0.15) is 11.4 Å². The molecule has 19 heavy (non-hydrogen) atoms. The van der Waals surface area contributed by atoms with Gasteiger partial charge in [-0.1, -0.05) is 23.5 Å². The maximum Gasteiger partial charge on any atom is 0.258 e. The molecule has 2 heterocycles. The highest BCUT2D eigenvalue weighted by atomic mass is 32.2. The molecule has 0 bridgehead atoms. The highest BCUT2D eigenvalue weighted by Crippen LogP contribution is 2.15. The van der Waals surface area contributed by atoms with Crippen molar-refractivity contribution in [3.8, 4) is 0 Å². The van der Waals surface area contributed by atoms with Crippen LogP contribution in [0.25, 0.3) is 0 Å². The van der Waals surface area contributed by atoms with Crippen LogP contribution < -0.4 is 5.32 Å². The zero-order valence-corrected chi connectivity index (χ0v) is 12.1. The molecule has 1 aliphatic heterocycles. The fourth-order valence-electron chi connectivity index (χ4n) is 1.42. The van der Waals surface area contributed by atoms with Crippen molar-refractivity contribution >= 4 is 40.5 Å². The molecule has 1 aromatic rings. The Morgan fingerprint density at radius 1 is 1.47 bits per heavy atom. The van der Waals surface area contributed by atoms with Gasteiger partial charge in [0.2, 0.25) is 5.91 Å². The van der Waals surface area contributed by atoms with E-state index < -0.39 is 0 Å². The molecule has 0 aromatic carbocycles. The summed E-state index contributed by atoms with van der Waals surface area (Å²) in [6.07, 6.45) is 0. The number of carbonyl (C=O) groups is 2. The fraction of sp³-hybridized carbons (Fsp3) is 0.364. The van der Waals surface area contributed by atoms with Crippen LogP contribution in [0.2, 0.25) is 0 Å². The minimum atomic E-state index is -0.308. The van der Waals surface area contributed by atoms with E-state index in [4.69, 9.17) is 0 Å². The first-order valence-electron chi connectivity index (χ1n) is 5.52. The van der Waals surface area contributed by atoms with Gasteiger partial charge in [0.05, 0.1) is 11.5 Å². The van der Waals surface area contributed by atoms with E-state index >= 15 is 0 Å². The Balaban J connectivity index is 1.91. The van der Waals surface area contributed by atoms with Gasteiger partial charge in [-0.25, -0.2) is 9.97 Å². The van der Waals surface area contributed by atoms with Gasteiger partial charge in [0.25, 0.3) is 5.91 Å². The summed E-state index contributed by atoms with van der Waals surface area (Å²) in [5.41, 5.74) is 1.74. The number of aromatic nitrogens is 2. The van der Waals surface area contributed by atoms with Gasteiger partial charge in [-0.2, -0.15) is 4.99 Å². The van der Waals surface area contributed by atoms with Crippen LogP contribution >= 0.6 is 23.5 Å². The standard InChI is InChI=1S/C11H12N4O2S2/c1-6-3-7(2)13-10(12-6)18-4-8(16)14-11-15-9(17)5-19-11/h3H,4-5H2,1-2H3,(H,14,15,16,17). The third kappa shape index (κ3) is 4.32. The first-order valence-corrected chi connectivity index (χ1v) is 7.49. The Hall–Kier alpha value is -1.41. The van der Waals surface area contributed by atoms with E-state index in [1.54, 1.807) is 0 Å². The molecule has 0 radical (unpaired) electrons. The highest BCUT2D eigenvalue weighted by molar-refractivity contribution is 8.15. The molecule has 1 saturated heterocycles. The Bertz CT molecular complexity index is 539. The van der Waals surface area contributed by atoms with E-state index in [0.717, 1.165) is 11.4 Å². The zero-order valence-electron chi connectivity index (χ0n) is 10.5. The summed E-state index contributed by atoms with van der Waals surface area (Å²) in [6, 6.07) is 1.87. The summed E-state index contributed by atoms with van der Waals surface area (Å²) in [5, 5.41) is 3.45. The van der Waals surface area contributed by atoms with Crippen molar-refractivity contribution < 1.29 is 9.59 Å². The number of aryl methyl sites for hydroxylation is 2. The average molecular weight is 296 g/mol. The number of nitrogens with one attached hydrogen (secondary N) is 1. The van der Waals surface area contributed by atoms with Crippen molar-refractivity contribution in [3.05, 3.63) is 17.5 Å². The lowest BCUT2D eigenvalue weighted by Crippen LogP contribution is -2.21. The molecule has 1 N–H and O–H groups in total. The van der Waals surface area contributed by atoms with Crippen LogP contribution in [0.4, 0.5) is 0 Å². The lowest BCUT2D eigenvalue weighted by molar-refractivity contribution is -0.116. The Morgan fingerprint density at radius 3 is 2.74 bits per heavy atom. The molecule has 2 amide bonds. The smallest absolute Gasteiger partial charge is 0.258 e. The van der Waals surface area contributed by atoms with Crippen LogP contribution in [-0.2, 0) is 9.59 Å². The van der Waals surface area contributed by atoms with Gasteiger partial charge in [-0.05, 0) is 19.9 Å². The number of thioether (sulfide) groups is 2. The van der Waals surface area contributed by atoms with Gasteiger partial charge < -0.3 is 5.32 Å². The fourth-order valence-corrected chi connectivity index (χ4v) is 2.84. The molecule has 6 nitrogen and oxygen atoms in total. The average Bonchev–Trinajstić information content (AvgIpc) is 2.71. The number of rotatable bonds is 3. The molecular formula is C11H12N4O2S2. The Labute approximate surface area is 118 Å². The summed E-state index contributed by atoms with van der Waals surface area (Å²) >= 11 is 2.47. The largest absolute Gasteiger partial charge is 0.304 e. The topological polar surface area (TPSA) is 84.3 Å². The van der Waals surface area contributed by atoms with Gasteiger partial charge in [-0.15, -0.1) is 0 Å². The van der Waals surface area contributed by atoms with E-state index in [-0.39, 0.29) is 17.6 Å². The molecule has 8 heteroatoms. The summed E-state index contributed by atoms with van der Waals surface area (Å²) in [6.45, 7) is 3.76. The van der Waals surface area contributed by atoms with Crippen LogP contribution in [-0.4, -0.2) is 38.5 Å². The monoisotopic (exact) mass is 296 g/mol. The molecule has 0 spiro atoms. The SMILES string of the molecule is Cc1cc(C)nc(SCC(=O)N=C2NC(=O)CS2)n1. The van der Waals surface area contributed by atoms with Gasteiger partial charge in [-0.3, -0.25) is 9.59 Å². The minimum absolute atomic E-state index is 0.123. The molecular weight excluding hydrogens is 284 g/mol. The number of amides is 2. The number of hydrogen-bond donors (Lipinski definition) is 1. The van der Waals surface area contributed by atoms with Crippen LogP contribution in [0, 0.1) is 13.8 Å². The number of nitrogens with zero attached hydrogens (tertiary/aromatic N) is 3. The molecule has 2 rings (SSSR count). The molecule has 1 fully saturated rings.